The monoisotopic (exact) mass is 1320 g/mol. The first-order valence-electron chi connectivity index (χ1n) is 34.4. The van der Waals surface area contributed by atoms with Crippen molar-refractivity contribution in [2.45, 2.75) is 285 Å². The Kier molecular flexibility index (Phi) is 44.7. The summed E-state index contributed by atoms with van der Waals surface area (Å²) in [6, 6.07) is -12.7. The molecule has 0 aliphatic carbocycles. The summed E-state index contributed by atoms with van der Waals surface area (Å²) in [7, 11) is 0. The smallest absolute Gasteiger partial charge is 0.326 e. The van der Waals surface area contributed by atoms with Gasteiger partial charge < -0.3 is 86.9 Å². The number of nitrogens with one attached hydrogen (secondary N) is 10. The molecule has 21 N–H and O–H groups in total. The summed E-state index contributed by atoms with van der Waals surface area (Å²) in [5.41, 5.74) is 29.0. The molecule has 0 aliphatic rings. The topological polar surface area (TPSA) is 458 Å². The van der Waals surface area contributed by atoms with Crippen LogP contribution < -0.4 is 81.8 Å². The van der Waals surface area contributed by atoms with Crippen LogP contribution in [0.5, 0.6) is 0 Å². The highest BCUT2D eigenvalue weighted by molar-refractivity contribution is 5.99. The molecule has 0 aromatic carbocycles. The summed E-state index contributed by atoms with van der Waals surface area (Å²) in [4.78, 5) is 154. The Morgan fingerprint density at radius 3 is 0.602 bits per heavy atom. The minimum atomic E-state index is -1.23. The lowest BCUT2D eigenvalue weighted by Crippen LogP contribution is -2.61. The Morgan fingerprint density at radius 2 is 0.409 bits per heavy atom. The Hall–Kier alpha value is -6.03. The van der Waals surface area contributed by atoms with Gasteiger partial charge in [0, 0.05) is 0 Å². The van der Waals surface area contributed by atoms with E-state index >= 15 is 0 Å². The Labute approximate surface area is 555 Å². The third-order valence-electron chi connectivity index (χ3n) is 15.4. The summed E-state index contributed by atoms with van der Waals surface area (Å²) in [5.74, 6) is -8.82. The summed E-state index contributed by atoms with van der Waals surface area (Å²) in [6.45, 7) is 27.4. The third kappa shape index (κ3) is 38.2. The molecule has 0 spiro atoms. The van der Waals surface area contributed by atoms with Gasteiger partial charge in [-0.3, -0.25) is 47.9 Å². The lowest BCUT2D eigenvalue weighted by Gasteiger charge is -2.30. The molecule has 0 saturated carbocycles. The van der Waals surface area contributed by atoms with Gasteiger partial charge in [0.2, 0.25) is 59.1 Å². The van der Waals surface area contributed by atoms with Crippen molar-refractivity contribution in [2.75, 3.05) is 26.2 Å². The number of carbonyl (C=O) groups is 11. The van der Waals surface area contributed by atoms with Crippen molar-refractivity contribution in [3.63, 3.8) is 0 Å². The molecule has 0 aromatic heterocycles. The van der Waals surface area contributed by atoms with Crippen LogP contribution in [0.15, 0.2) is 0 Å². The number of carboxylic acid groups (broad SMARTS) is 1. The highest BCUT2D eigenvalue weighted by atomic mass is 16.4. The van der Waals surface area contributed by atoms with Gasteiger partial charge in [0.05, 0.1) is 6.04 Å². The molecule has 0 aromatic rings. The van der Waals surface area contributed by atoms with Gasteiger partial charge in [-0.2, -0.15) is 0 Å². The van der Waals surface area contributed by atoms with Gasteiger partial charge in [-0.25, -0.2) is 4.79 Å². The standard InChI is InChI=1S/C66H127N15O12/c1-38(2)31-49(75-56(82)45(71)23-15-19-27-67)59(85)72-46(24-16-20-28-68)58(84)77-52(34-41(7)8)62(88)79-54(36-43(11)12)64(90)81-55(37-44(13)14)65(91)80-53(35-42(9)10)63(89)78-50(32-39(3)4)60(86)73-47(25-17-21-29-69)57(83)76-51(33-40(5)6)61(87)74-48(66(92)93)26-18-22-30-70/h38-55H,15-37,67-71H2,1-14H3,(H,72,85)(H,73,86)(H,74,87)(H,75,82)(H,76,83)(H,77,84)(H,78,89)(H,79,88)(H,80,91)(H,81,90)(H,92,93)/t45-,46-,47-,48-,49-,50-,51-,52-,53-,54-,55-/m0/s1. The second-order valence-corrected chi connectivity index (χ2v) is 28.1. The van der Waals surface area contributed by atoms with E-state index in [0.717, 1.165) is 0 Å². The first-order chi connectivity index (χ1) is 43.6. The molecule has 93 heavy (non-hydrogen) atoms. The number of aliphatic carboxylic acids is 1. The first kappa shape index (κ1) is 87.0. The van der Waals surface area contributed by atoms with Gasteiger partial charge in [-0.1, -0.05) is 103 Å². The quantitative estimate of drug-likeness (QED) is 0.0388. The fraction of sp³-hybridized carbons (Fsp3) is 0.833. The largest absolute Gasteiger partial charge is 0.480 e. The van der Waals surface area contributed by atoms with Crippen molar-refractivity contribution in [3.8, 4) is 0 Å². The van der Waals surface area contributed by atoms with Crippen LogP contribution in [-0.4, -0.2) is 163 Å². The summed E-state index contributed by atoms with van der Waals surface area (Å²) in [6.07, 6.45) is 6.01. The second kappa shape index (κ2) is 47.8. The van der Waals surface area contributed by atoms with Gasteiger partial charge in [-0.05, 0) is 183 Å². The zero-order valence-corrected chi connectivity index (χ0v) is 59.0. The van der Waals surface area contributed by atoms with Gasteiger partial charge >= 0.3 is 5.97 Å². The van der Waals surface area contributed by atoms with Crippen LogP contribution in [-0.2, 0) is 52.7 Å². The molecule has 27 nitrogen and oxygen atoms in total. The van der Waals surface area contributed by atoms with E-state index in [-0.39, 0.29) is 106 Å². The van der Waals surface area contributed by atoms with E-state index < -0.39 is 132 Å². The Morgan fingerprint density at radius 1 is 0.247 bits per heavy atom. The van der Waals surface area contributed by atoms with Crippen LogP contribution in [0.2, 0.25) is 0 Å². The van der Waals surface area contributed by atoms with Crippen LogP contribution in [0.4, 0.5) is 0 Å². The second-order valence-electron chi connectivity index (χ2n) is 28.1. The summed E-state index contributed by atoms with van der Waals surface area (Å²) < 4.78 is 0. The van der Waals surface area contributed by atoms with Gasteiger partial charge in [0.15, 0.2) is 0 Å². The minimum Gasteiger partial charge on any atom is -0.480 e. The average molecular weight is 1320 g/mol. The van der Waals surface area contributed by atoms with E-state index in [2.05, 4.69) is 53.2 Å². The fourth-order valence-electron chi connectivity index (χ4n) is 10.6. The normalized spacial score (nSPS) is 15.2. The maximum Gasteiger partial charge on any atom is 0.326 e. The van der Waals surface area contributed by atoms with Crippen LogP contribution >= 0.6 is 0 Å². The number of rotatable bonds is 51. The van der Waals surface area contributed by atoms with Crippen LogP contribution in [0, 0.1) is 41.4 Å². The maximum absolute atomic E-state index is 14.6. The Bertz CT molecular complexity index is 2270. The molecule has 0 saturated heterocycles. The molecule has 0 rings (SSSR count). The van der Waals surface area contributed by atoms with Crippen molar-refractivity contribution in [2.24, 2.45) is 70.1 Å². The summed E-state index contributed by atoms with van der Waals surface area (Å²) >= 11 is 0. The Balaban J connectivity index is 6.97. The highest BCUT2D eigenvalue weighted by Gasteiger charge is 2.37. The number of carbonyl (C=O) groups excluding carboxylic acids is 10. The number of hydrogen-bond acceptors (Lipinski definition) is 16. The molecule has 0 bridgehead atoms. The first-order valence-corrected chi connectivity index (χ1v) is 34.4. The molecule has 11 atom stereocenters. The molecule has 0 heterocycles. The van der Waals surface area contributed by atoms with Gasteiger partial charge in [-0.15, -0.1) is 0 Å². The molecule has 0 aliphatic heterocycles. The lowest BCUT2D eigenvalue weighted by molar-refractivity contribution is -0.142. The van der Waals surface area contributed by atoms with Crippen LogP contribution in [0.3, 0.4) is 0 Å². The number of amides is 10. The van der Waals surface area contributed by atoms with Crippen molar-refractivity contribution >= 4 is 65.0 Å². The van der Waals surface area contributed by atoms with E-state index in [9.17, 15) is 57.8 Å². The van der Waals surface area contributed by atoms with Crippen LogP contribution in [0.1, 0.15) is 219 Å². The summed E-state index contributed by atoms with van der Waals surface area (Å²) in [5, 5.41) is 37.8. The number of unbranched alkanes of at least 4 members (excludes halogenated alkanes) is 4. The number of nitrogens with two attached hydrogens (primary N) is 5. The molecule has 0 fully saturated rings. The predicted octanol–water partition coefficient (Wildman–Crippen LogP) is 2.08. The van der Waals surface area contributed by atoms with Gasteiger partial charge in [0.1, 0.15) is 60.4 Å². The zero-order valence-electron chi connectivity index (χ0n) is 59.0. The highest BCUT2D eigenvalue weighted by Crippen LogP contribution is 2.17. The van der Waals surface area contributed by atoms with Gasteiger partial charge in [0.25, 0.3) is 0 Å². The molecule has 538 valence electrons. The van der Waals surface area contributed by atoms with Crippen LogP contribution in [0.25, 0.3) is 0 Å². The van der Waals surface area contributed by atoms with Crippen molar-refractivity contribution in [3.05, 3.63) is 0 Å². The van der Waals surface area contributed by atoms with E-state index in [4.69, 9.17) is 28.7 Å². The maximum atomic E-state index is 14.6. The van der Waals surface area contributed by atoms with E-state index in [1.165, 1.54) is 0 Å². The SMILES string of the molecule is CC(C)C[C@H](NC(=O)[C@H](CCCCN)NC(=O)[C@H](CC(C)C)NC(=O)[C@H](CC(C)C)NC(=O)[C@H](CC(C)C)NC(=O)[C@H](CC(C)C)NC(=O)[C@H](CC(C)C)NC(=O)[C@H](CCCCN)NC(=O)[C@H](CC(C)C)NC(=O)[C@@H](N)CCCCN)C(=O)N[C@@H](CCCCN)C(=O)O. The molecule has 10 amide bonds. The number of carboxylic acids is 1. The zero-order chi connectivity index (χ0) is 71.1. The molecular formula is C66H127N15O12. The lowest BCUT2D eigenvalue weighted by atomic mass is 9.97. The molecule has 27 heteroatoms. The van der Waals surface area contributed by atoms with Crippen molar-refractivity contribution < 1.29 is 57.8 Å². The number of hydrogen-bond donors (Lipinski definition) is 16. The molecule has 0 radical (unpaired) electrons. The van der Waals surface area contributed by atoms with Crippen molar-refractivity contribution in [1.29, 1.82) is 0 Å². The van der Waals surface area contributed by atoms with Crippen molar-refractivity contribution in [1.82, 2.24) is 53.2 Å². The predicted molar refractivity (Wildman–Crippen MR) is 363 cm³/mol. The van der Waals surface area contributed by atoms with E-state index in [0.29, 0.717) is 84.0 Å². The van der Waals surface area contributed by atoms with E-state index in [1.807, 2.05) is 96.9 Å². The average Bonchev–Trinajstić information content (AvgIpc) is 0.998. The third-order valence-corrected chi connectivity index (χ3v) is 15.4. The molecule has 0 unspecified atom stereocenters. The fourth-order valence-corrected chi connectivity index (χ4v) is 10.6. The minimum absolute atomic E-state index is 0.0312. The molecular weight excluding hydrogens is 1190 g/mol. The van der Waals surface area contributed by atoms with E-state index in [1.54, 1.807) is 0 Å².